The topological polar surface area (TPSA) is 91.9 Å². The van der Waals surface area contributed by atoms with E-state index in [0.717, 1.165) is 47.4 Å². The lowest BCUT2D eigenvalue weighted by molar-refractivity contribution is 0.0322. The van der Waals surface area contributed by atoms with E-state index in [0.29, 0.717) is 42.1 Å². The number of aryl methyl sites for hydroxylation is 1. The first kappa shape index (κ1) is 31.5. The first-order valence-electron chi connectivity index (χ1n) is 14.2. The number of aromatic nitrogens is 2. The van der Waals surface area contributed by atoms with Gasteiger partial charge in [0.2, 0.25) is 5.88 Å². The molecule has 2 aromatic carbocycles. The van der Waals surface area contributed by atoms with E-state index < -0.39 is 0 Å². The lowest BCUT2D eigenvalue weighted by atomic mass is 10.0. The Morgan fingerprint density at radius 3 is 2.38 bits per heavy atom. The molecule has 0 bridgehead atoms. The van der Waals surface area contributed by atoms with E-state index >= 15 is 0 Å². The third-order valence-corrected chi connectivity index (χ3v) is 8.83. The van der Waals surface area contributed by atoms with Crippen molar-refractivity contribution < 1.29 is 24.1 Å². The number of benzene rings is 2. The van der Waals surface area contributed by atoms with Crippen LogP contribution < -0.4 is 10.4 Å². The van der Waals surface area contributed by atoms with Gasteiger partial charge in [-0.25, -0.2) is 13.9 Å². The summed E-state index contributed by atoms with van der Waals surface area (Å²) >= 11 is 1.40. The van der Waals surface area contributed by atoms with Crippen molar-refractivity contribution >= 4 is 26.7 Å². The fourth-order valence-electron chi connectivity index (χ4n) is 4.88. The van der Waals surface area contributed by atoms with Crippen molar-refractivity contribution in [3.05, 3.63) is 97.7 Å². The van der Waals surface area contributed by atoms with Crippen LogP contribution in [0.2, 0.25) is 0 Å². The molecule has 0 amide bonds. The van der Waals surface area contributed by atoms with E-state index in [1.54, 1.807) is 17.7 Å². The Morgan fingerprint density at radius 2 is 1.71 bits per heavy atom. The zero-order chi connectivity index (χ0) is 30.1. The smallest absolute Gasteiger partial charge is 0.348 e. The maximum absolute atomic E-state index is 13.1. The van der Waals surface area contributed by atoms with Crippen LogP contribution in [0.5, 0.6) is 11.6 Å². The minimum absolute atomic E-state index is 0.0734. The molecule has 1 N–H and O–H groups in total. The van der Waals surface area contributed by atoms with Crippen molar-refractivity contribution in [1.29, 1.82) is 0 Å². The fourth-order valence-corrected chi connectivity index (χ4v) is 6.11. The summed E-state index contributed by atoms with van der Waals surface area (Å²) in [5.74, 6) is 0.392. The number of nitrogens with zero attached hydrogens (tertiary/aromatic N) is 2. The van der Waals surface area contributed by atoms with Crippen LogP contribution in [-0.4, -0.2) is 34.2 Å². The molecule has 0 fully saturated rings. The summed E-state index contributed by atoms with van der Waals surface area (Å²) in [6, 6.07) is 19.4. The maximum atomic E-state index is 13.1. The molecule has 0 saturated carbocycles. The average molecular weight is 611 g/mol. The van der Waals surface area contributed by atoms with Crippen LogP contribution in [0, 0.1) is 0 Å². The van der Waals surface area contributed by atoms with Crippen LogP contribution in [0.3, 0.4) is 0 Å². The number of aromatic hydroxyl groups is 1. The molecule has 2 heterocycles. The number of rotatable bonds is 15. The van der Waals surface area contributed by atoms with Crippen LogP contribution in [0.4, 0.5) is 0 Å². The summed E-state index contributed by atoms with van der Waals surface area (Å²) in [7, 11) is 5.31. The van der Waals surface area contributed by atoms with Gasteiger partial charge in [-0.1, -0.05) is 50.5 Å². The summed E-state index contributed by atoms with van der Waals surface area (Å²) < 4.78 is 19.2. The number of hydrogen-bond donors (Lipinski definition) is 1. The number of hydrogen-bond acceptors (Lipinski definition) is 7. The minimum atomic E-state index is -0.347. The molecule has 0 aliphatic carbocycles. The first-order valence-corrected chi connectivity index (χ1v) is 15.5. The quantitative estimate of drug-likeness (QED) is 0.0899. The van der Waals surface area contributed by atoms with Crippen molar-refractivity contribution in [2.45, 2.75) is 64.6 Å². The van der Waals surface area contributed by atoms with Gasteiger partial charge in [0.05, 0.1) is 38.3 Å². The molecule has 8 nitrogen and oxygen atoms in total. The highest BCUT2D eigenvalue weighted by Gasteiger charge is 2.20. The zero-order valence-corrected chi connectivity index (χ0v) is 26.3. The Labute approximate surface area is 253 Å². The molecule has 0 saturated heterocycles. The molecule has 2 aromatic heterocycles. The Morgan fingerprint density at radius 1 is 0.976 bits per heavy atom. The van der Waals surface area contributed by atoms with Crippen molar-refractivity contribution in [3.63, 3.8) is 0 Å². The highest BCUT2D eigenvalue weighted by Crippen LogP contribution is 2.29. The van der Waals surface area contributed by atoms with Crippen LogP contribution in [0.15, 0.2) is 65.5 Å². The highest BCUT2D eigenvalue weighted by atomic mass is 32.1. The lowest BCUT2D eigenvalue weighted by Gasteiger charge is -2.19. The number of thiophene rings is 1. The van der Waals surface area contributed by atoms with E-state index in [-0.39, 0.29) is 23.6 Å². The van der Waals surface area contributed by atoms with Crippen LogP contribution in [0.25, 0.3) is 5.69 Å². The molecular formula is C32H39N2O6PS. The van der Waals surface area contributed by atoms with Gasteiger partial charge in [0, 0.05) is 4.88 Å². The van der Waals surface area contributed by atoms with Crippen LogP contribution in [-0.2, 0) is 28.9 Å². The third kappa shape index (κ3) is 7.71. The van der Waals surface area contributed by atoms with Gasteiger partial charge in [0.1, 0.15) is 10.6 Å². The number of ether oxygens (including phenoxy) is 3. The number of methoxy groups -OCH3 is 2. The molecule has 0 aliphatic heterocycles. The minimum Gasteiger partial charge on any atom is -0.497 e. The summed E-state index contributed by atoms with van der Waals surface area (Å²) in [4.78, 5) is 26.5. The van der Waals surface area contributed by atoms with Gasteiger partial charge in [0.15, 0.2) is 0 Å². The molecule has 4 aromatic rings. The Kier molecular flexibility index (Phi) is 11.4. The molecule has 2 atom stereocenters. The Bertz CT molecular complexity index is 1510. The molecule has 224 valence electrons. The molecule has 0 spiro atoms. The zero-order valence-electron chi connectivity index (χ0n) is 24.4. The molecule has 0 aliphatic rings. The van der Waals surface area contributed by atoms with Crippen molar-refractivity contribution in [1.82, 2.24) is 8.90 Å². The first-order chi connectivity index (χ1) is 20.4. The lowest BCUT2D eigenvalue weighted by Crippen LogP contribution is -2.20. The second-order valence-electron chi connectivity index (χ2n) is 10.1. The SMILES string of the molecule is CCCCCC(OCc1ccc(OC)cc1)c1ccc(-n2c(CCCc3ccc(C(=O)OC)s3)c(O)n(P)c2=O)cc1. The van der Waals surface area contributed by atoms with Crippen molar-refractivity contribution in [2.75, 3.05) is 14.2 Å². The molecule has 0 radical (unpaired) electrons. The van der Waals surface area contributed by atoms with E-state index in [1.165, 1.54) is 22.8 Å². The van der Waals surface area contributed by atoms with E-state index in [1.807, 2.05) is 54.6 Å². The van der Waals surface area contributed by atoms with Crippen molar-refractivity contribution in [2.24, 2.45) is 0 Å². The molecule has 4 rings (SSSR count). The van der Waals surface area contributed by atoms with Gasteiger partial charge in [-0.3, -0.25) is 4.57 Å². The molecule has 42 heavy (non-hydrogen) atoms. The van der Waals surface area contributed by atoms with Gasteiger partial charge in [-0.15, -0.1) is 11.3 Å². The predicted molar refractivity (Wildman–Crippen MR) is 169 cm³/mol. The number of imidazole rings is 1. The van der Waals surface area contributed by atoms with Gasteiger partial charge < -0.3 is 19.3 Å². The normalized spacial score (nSPS) is 11.9. The fraction of sp³-hybridized carbons (Fsp3) is 0.375. The summed E-state index contributed by atoms with van der Waals surface area (Å²) in [6.07, 6.45) is 6.03. The largest absolute Gasteiger partial charge is 0.497 e. The van der Waals surface area contributed by atoms with Crippen molar-refractivity contribution in [3.8, 4) is 17.3 Å². The second-order valence-corrected chi connectivity index (χ2v) is 11.8. The monoisotopic (exact) mass is 610 g/mol. The second kappa shape index (κ2) is 15.2. The predicted octanol–water partition coefficient (Wildman–Crippen LogP) is 6.85. The van der Waals surface area contributed by atoms with E-state index in [2.05, 4.69) is 16.3 Å². The van der Waals surface area contributed by atoms with E-state index in [9.17, 15) is 14.7 Å². The Hall–Kier alpha value is -3.39. The number of carbonyl (C=O) groups excluding carboxylic acids is 1. The maximum Gasteiger partial charge on any atom is 0.348 e. The van der Waals surface area contributed by atoms with Gasteiger partial charge in [-0.2, -0.15) is 0 Å². The number of esters is 1. The van der Waals surface area contributed by atoms with Crippen LogP contribution >= 0.6 is 20.7 Å². The average Bonchev–Trinajstić information content (AvgIpc) is 3.58. The molecule has 10 heteroatoms. The van der Waals surface area contributed by atoms with Gasteiger partial charge in [0.25, 0.3) is 0 Å². The van der Waals surface area contributed by atoms with Gasteiger partial charge in [-0.05, 0) is 82.6 Å². The summed E-state index contributed by atoms with van der Waals surface area (Å²) in [6.45, 7) is 2.67. The molecular weight excluding hydrogens is 571 g/mol. The Balaban J connectivity index is 1.49. The van der Waals surface area contributed by atoms with E-state index in [4.69, 9.17) is 14.2 Å². The standard InChI is InChI=1S/C32H39N2O6PS/c1-4-5-6-10-28(40-21-22-11-17-25(38-2)18-12-22)23-13-15-24(16-14-23)33-27(30(35)34(41)32(33)37)9-7-8-26-19-20-29(42-26)31(36)39-3/h11-20,28,35H,4-10,21,41H2,1-3H3. The molecule has 2 unspecified atom stereocenters. The number of unbranched alkanes of at least 4 members (excludes halogenated alkanes) is 2. The summed E-state index contributed by atoms with van der Waals surface area (Å²) in [5, 5.41) is 10.8. The van der Waals surface area contributed by atoms with Gasteiger partial charge >= 0.3 is 11.7 Å². The van der Waals surface area contributed by atoms with Crippen LogP contribution in [0.1, 0.15) is 76.5 Å². The highest BCUT2D eigenvalue weighted by molar-refractivity contribution is 7.14. The summed E-state index contributed by atoms with van der Waals surface area (Å²) in [5.41, 5.74) is 3.01. The number of carbonyl (C=O) groups is 1. The third-order valence-electron chi connectivity index (χ3n) is 7.24.